The Labute approximate surface area is 75.3 Å². The van der Waals surface area contributed by atoms with Crippen LogP contribution >= 0.6 is 0 Å². The van der Waals surface area contributed by atoms with Gasteiger partial charge in [-0.3, -0.25) is 4.90 Å². The second kappa shape index (κ2) is 5.31. The van der Waals surface area contributed by atoms with Gasteiger partial charge in [0.2, 0.25) is 0 Å². The quantitative estimate of drug-likeness (QED) is 0.467. The van der Waals surface area contributed by atoms with Crippen molar-refractivity contribution < 1.29 is 4.39 Å². The molecule has 2 unspecified atom stereocenters. The lowest BCUT2D eigenvalue weighted by Gasteiger charge is -2.29. The Morgan fingerprint density at radius 3 is 2.00 bits per heavy atom. The Hall–Kier alpha value is -0.370. The zero-order chi connectivity index (χ0) is 9.72. The highest BCUT2D eigenvalue weighted by atomic mass is 19.1. The van der Waals surface area contributed by atoms with E-state index in [1.54, 1.807) is 11.8 Å². The molecule has 0 aliphatic carbocycles. The van der Waals surface area contributed by atoms with Gasteiger partial charge in [0.1, 0.15) is 0 Å². The van der Waals surface area contributed by atoms with Crippen molar-refractivity contribution in [2.24, 2.45) is 5.92 Å². The van der Waals surface area contributed by atoms with Gasteiger partial charge in [0, 0.05) is 6.04 Å². The van der Waals surface area contributed by atoms with Crippen LogP contribution in [0.5, 0.6) is 0 Å². The van der Waals surface area contributed by atoms with E-state index in [0.29, 0.717) is 5.92 Å². The summed E-state index contributed by atoms with van der Waals surface area (Å²) in [6.07, 6.45) is 3.14. The number of likely N-dealkylation sites (N-methyl/N-ethyl adjacent to an activating group) is 1. The molecule has 0 heterocycles. The van der Waals surface area contributed by atoms with Gasteiger partial charge in [-0.15, -0.1) is 0 Å². The molecule has 0 amide bonds. The van der Waals surface area contributed by atoms with Crippen molar-refractivity contribution in [3.63, 3.8) is 0 Å². The second-order valence-electron chi connectivity index (χ2n) is 3.50. The van der Waals surface area contributed by atoms with Crippen LogP contribution in [0, 0.1) is 5.92 Å². The van der Waals surface area contributed by atoms with Crippen molar-refractivity contribution in [3.8, 4) is 0 Å². The van der Waals surface area contributed by atoms with Crippen LogP contribution in [0.15, 0.2) is 12.2 Å². The van der Waals surface area contributed by atoms with Crippen molar-refractivity contribution in [2.45, 2.75) is 40.0 Å². The lowest BCUT2D eigenvalue weighted by Crippen LogP contribution is -2.38. The third kappa shape index (κ3) is 3.35. The van der Waals surface area contributed by atoms with Crippen LogP contribution in [0.25, 0.3) is 0 Å². The summed E-state index contributed by atoms with van der Waals surface area (Å²) in [5, 5.41) is 0. The van der Waals surface area contributed by atoms with Gasteiger partial charge in [0.15, 0.2) is 6.30 Å². The van der Waals surface area contributed by atoms with E-state index in [0.717, 1.165) is 0 Å². The Kier molecular flexibility index (Phi) is 5.14. The summed E-state index contributed by atoms with van der Waals surface area (Å²) in [4.78, 5) is 1.74. The first kappa shape index (κ1) is 11.6. The fraction of sp³-hybridized carbons (Fsp3) is 0.800. The topological polar surface area (TPSA) is 3.24 Å². The summed E-state index contributed by atoms with van der Waals surface area (Å²) >= 11 is 0. The molecular formula is C10H20FN. The third-order valence-corrected chi connectivity index (χ3v) is 2.10. The molecule has 0 aromatic carbocycles. The molecule has 0 aliphatic heterocycles. The van der Waals surface area contributed by atoms with E-state index >= 15 is 0 Å². The molecule has 0 saturated heterocycles. The van der Waals surface area contributed by atoms with Crippen LogP contribution < -0.4 is 0 Å². The van der Waals surface area contributed by atoms with Gasteiger partial charge < -0.3 is 0 Å². The van der Waals surface area contributed by atoms with Gasteiger partial charge in [-0.25, -0.2) is 4.39 Å². The van der Waals surface area contributed by atoms with Crippen LogP contribution in [0.3, 0.4) is 0 Å². The molecule has 0 aromatic rings. The summed E-state index contributed by atoms with van der Waals surface area (Å²) in [6.45, 7) is 7.73. The van der Waals surface area contributed by atoms with E-state index in [9.17, 15) is 4.39 Å². The molecule has 12 heavy (non-hydrogen) atoms. The molecule has 0 rings (SSSR count). The van der Waals surface area contributed by atoms with Gasteiger partial charge in [-0.05, 0) is 26.8 Å². The maximum atomic E-state index is 12.9. The minimum absolute atomic E-state index is 0.204. The summed E-state index contributed by atoms with van der Waals surface area (Å²) in [6, 6.07) is 0.204. The SMILES string of the molecule is C/C=C\C(C(C)C)N(C)C(C)F. The van der Waals surface area contributed by atoms with Crippen molar-refractivity contribution in [1.82, 2.24) is 4.90 Å². The fourth-order valence-corrected chi connectivity index (χ4v) is 1.26. The minimum Gasteiger partial charge on any atom is -0.271 e. The van der Waals surface area contributed by atoms with Crippen LogP contribution in [0.4, 0.5) is 4.39 Å². The molecule has 0 fully saturated rings. The smallest absolute Gasteiger partial charge is 0.151 e. The minimum atomic E-state index is -0.881. The third-order valence-electron chi connectivity index (χ3n) is 2.10. The van der Waals surface area contributed by atoms with E-state index in [4.69, 9.17) is 0 Å². The Bertz CT molecular complexity index is 141. The number of hydrogen-bond donors (Lipinski definition) is 0. The number of halogens is 1. The summed E-state index contributed by atoms with van der Waals surface area (Å²) in [5.74, 6) is 0.449. The Balaban J connectivity index is 4.29. The molecule has 0 aromatic heterocycles. The number of allylic oxidation sites excluding steroid dienone is 1. The summed E-state index contributed by atoms with van der Waals surface area (Å²) < 4.78 is 12.9. The van der Waals surface area contributed by atoms with Crippen molar-refractivity contribution in [1.29, 1.82) is 0 Å². The highest BCUT2D eigenvalue weighted by Gasteiger charge is 2.19. The lowest BCUT2D eigenvalue weighted by molar-refractivity contribution is 0.0821. The molecule has 1 nitrogen and oxygen atoms in total. The average Bonchev–Trinajstić information content (AvgIpc) is 1.98. The monoisotopic (exact) mass is 173 g/mol. The van der Waals surface area contributed by atoms with E-state index < -0.39 is 6.30 Å². The highest BCUT2D eigenvalue weighted by Crippen LogP contribution is 2.13. The molecular weight excluding hydrogens is 153 g/mol. The maximum absolute atomic E-state index is 12.9. The first-order chi connectivity index (χ1) is 5.50. The molecule has 2 heteroatoms. The van der Waals surface area contributed by atoms with Gasteiger partial charge in [0.25, 0.3) is 0 Å². The number of nitrogens with zero attached hydrogens (tertiary/aromatic N) is 1. The van der Waals surface area contributed by atoms with Crippen LogP contribution in [-0.2, 0) is 0 Å². The van der Waals surface area contributed by atoms with Crippen molar-refractivity contribution in [3.05, 3.63) is 12.2 Å². The molecule has 2 atom stereocenters. The number of rotatable bonds is 4. The standard InChI is InChI=1S/C10H20FN/c1-6-7-10(8(2)3)12(5)9(4)11/h6-10H,1-5H3/b7-6-. The lowest BCUT2D eigenvalue weighted by atomic mass is 10.0. The molecule has 0 radical (unpaired) electrons. The maximum Gasteiger partial charge on any atom is 0.151 e. The zero-order valence-electron chi connectivity index (χ0n) is 8.71. The molecule has 0 saturated carbocycles. The largest absolute Gasteiger partial charge is 0.271 e. The molecule has 72 valence electrons. The van der Waals surface area contributed by atoms with Crippen LogP contribution in [0.2, 0.25) is 0 Å². The van der Waals surface area contributed by atoms with Gasteiger partial charge in [0.05, 0.1) is 0 Å². The first-order valence-corrected chi connectivity index (χ1v) is 4.49. The molecule has 0 N–H and O–H groups in total. The highest BCUT2D eigenvalue weighted by molar-refractivity contribution is 4.93. The van der Waals surface area contributed by atoms with Gasteiger partial charge in [-0.2, -0.15) is 0 Å². The summed E-state index contributed by atoms with van der Waals surface area (Å²) in [5.41, 5.74) is 0. The van der Waals surface area contributed by atoms with Crippen molar-refractivity contribution in [2.75, 3.05) is 7.05 Å². The van der Waals surface area contributed by atoms with E-state index in [1.165, 1.54) is 0 Å². The van der Waals surface area contributed by atoms with Gasteiger partial charge in [-0.1, -0.05) is 26.0 Å². The molecule has 0 bridgehead atoms. The molecule has 0 spiro atoms. The number of alkyl halides is 1. The van der Waals surface area contributed by atoms with E-state index in [-0.39, 0.29) is 6.04 Å². The second-order valence-corrected chi connectivity index (χ2v) is 3.50. The Morgan fingerprint density at radius 1 is 1.25 bits per heavy atom. The predicted octanol–water partition coefficient (Wildman–Crippen LogP) is 2.83. The Morgan fingerprint density at radius 2 is 1.75 bits per heavy atom. The zero-order valence-corrected chi connectivity index (χ0v) is 8.71. The predicted molar refractivity (Wildman–Crippen MR) is 51.8 cm³/mol. The van der Waals surface area contributed by atoms with E-state index in [2.05, 4.69) is 13.8 Å². The van der Waals surface area contributed by atoms with Gasteiger partial charge >= 0.3 is 0 Å². The van der Waals surface area contributed by atoms with E-state index in [1.807, 2.05) is 26.1 Å². The normalized spacial score (nSPS) is 17.7. The molecule has 0 aliphatic rings. The average molecular weight is 173 g/mol. The van der Waals surface area contributed by atoms with Crippen LogP contribution in [0.1, 0.15) is 27.7 Å². The number of hydrogen-bond acceptors (Lipinski definition) is 1. The fourth-order valence-electron chi connectivity index (χ4n) is 1.26. The van der Waals surface area contributed by atoms with Crippen LogP contribution in [-0.4, -0.2) is 24.3 Å². The van der Waals surface area contributed by atoms with Crippen molar-refractivity contribution >= 4 is 0 Å². The summed E-state index contributed by atoms with van der Waals surface area (Å²) in [7, 11) is 1.81. The first-order valence-electron chi connectivity index (χ1n) is 4.49.